The molecule has 0 radical (unpaired) electrons. The van der Waals surface area contributed by atoms with Gasteiger partial charge < -0.3 is 10.6 Å². The molecule has 2 rings (SSSR count). The van der Waals surface area contributed by atoms with Gasteiger partial charge in [-0.2, -0.15) is 0 Å². The molecule has 1 aromatic rings. The van der Waals surface area contributed by atoms with Gasteiger partial charge in [-0.15, -0.1) is 0 Å². The van der Waals surface area contributed by atoms with Crippen LogP contribution in [0.1, 0.15) is 24.8 Å². The number of nitrogens with zero attached hydrogens (tertiary/aromatic N) is 1. The third-order valence-corrected chi connectivity index (χ3v) is 3.21. The quantitative estimate of drug-likeness (QED) is 0.738. The number of piperidine rings is 1. The van der Waals surface area contributed by atoms with Crippen molar-refractivity contribution in [3.63, 3.8) is 0 Å². The summed E-state index contributed by atoms with van der Waals surface area (Å²) >= 11 is 0. The molecule has 1 saturated heterocycles. The van der Waals surface area contributed by atoms with E-state index in [-0.39, 0.29) is 0 Å². The highest BCUT2D eigenvalue weighted by Gasteiger charge is 2.11. The second kappa shape index (κ2) is 6.61. The second-order valence-electron chi connectivity index (χ2n) is 4.53. The fraction of sp³-hybridized carbons (Fsp3) is 0.615. The molecule has 1 aliphatic heterocycles. The lowest BCUT2D eigenvalue weighted by atomic mass is 9.96. The number of nitrogens with one attached hydrogen (secondary N) is 2. The zero-order valence-corrected chi connectivity index (χ0v) is 9.78. The van der Waals surface area contributed by atoms with Crippen LogP contribution in [0, 0.1) is 5.92 Å². The summed E-state index contributed by atoms with van der Waals surface area (Å²) in [5, 5.41) is 6.95. The Balaban J connectivity index is 1.58. The van der Waals surface area contributed by atoms with E-state index in [1.165, 1.54) is 37.9 Å². The summed E-state index contributed by atoms with van der Waals surface area (Å²) in [7, 11) is 0. The van der Waals surface area contributed by atoms with Crippen LogP contribution in [0.3, 0.4) is 0 Å². The number of rotatable bonds is 5. The first kappa shape index (κ1) is 11.6. The van der Waals surface area contributed by atoms with Gasteiger partial charge >= 0.3 is 0 Å². The molecule has 1 unspecified atom stereocenters. The molecule has 3 heteroatoms. The maximum absolute atomic E-state index is 4.01. The average molecular weight is 219 g/mol. The van der Waals surface area contributed by atoms with Crippen LogP contribution in [0.4, 0.5) is 0 Å². The first-order valence-corrected chi connectivity index (χ1v) is 6.25. The summed E-state index contributed by atoms with van der Waals surface area (Å²) in [5.74, 6) is 0.874. The van der Waals surface area contributed by atoms with Gasteiger partial charge in [0.2, 0.25) is 0 Å². The van der Waals surface area contributed by atoms with Crippen molar-refractivity contribution in [3.05, 3.63) is 30.1 Å². The van der Waals surface area contributed by atoms with Crippen LogP contribution in [0.15, 0.2) is 24.5 Å². The van der Waals surface area contributed by atoms with Crippen LogP contribution in [0.25, 0.3) is 0 Å². The summed E-state index contributed by atoms with van der Waals surface area (Å²) in [5.41, 5.74) is 1.32. The van der Waals surface area contributed by atoms with Crippen molar-refractivity contribution in [1.82, 2.24) is 15.6 Å². The van der Waals surface area contributed by atoms with Crippen LogP contribution in [-0.2, 0) is 6.54 Å². The Labute approximate surface area is 97.7 Å². The molecule has 88 valence electrons. The smallest absolute Gasteiger partial charge is 0.0271 e. The summed E-state index contributed by atoms with van der Waals surface area (Å²) in [6, 6.07) is 4.13. The van der Waals surface area contributed by atoms with E-state index in [0.717, 1.165) is 19.0 Å². The molecule has 16 heavy (non-hydrogen) atoms. The largest absolute Gasteiger partial charge is 0.316 e. The van der Waals surface area contributed by atoms with Crippen molar-refractivity contribution >= 4 is 0 Å². The molecule has 0 aromatic carbocycles. The molecular formula is C13H21N3. The van der Waals surface area contributed by atoms with Gasteiger partial charge in [0, 0.05) is 18.9 Å². The number of aromatic nitrogens is 1. The van der Waals surface area contributed by atoms with Gasteiger partial charge in [0.05, 0.1) is 0 Å². The summed E-state index contributed by atoms with van der Waals surface area (Å²) in [6.45, 7) is 4.50. The summed E-state index contributed by atoms with van der Waals surface area (Å²) in [6.07, 6.45) is 7.72. The van der Waals surface area contributed by atoms with Crippen molar-refractivity contribution in [3.8, 4) is 0 Å². The zero-order valence-electron chi connectivity index (χ0n) is 9.78. The Morgan fingerprint density at radius 2 is 2.25 bits per heavy atom. The van der Waals surface area contributed by atoms with Gasteiger partial charge in [0.15, 0.2) is 0 Å². The molecule has 0 spiro atoms. The first-order chi connectivity index (χ1) is 7.95. The van der Waals surface area contributed by atoms with Crippen LogP contribution in [-0.4, -0.2) is 24.6 Å². The van der Waals surface area contributed by atoms with E-state index in [0.29, 0.717) is 0 Å². The third-order valence-electron chi connectivity index (χ3n) is 3.21. The molecule has 1 atom stereocenters. The highest BCUT2D eigenvalue weighted by atomic mass is 14.9. The lowest BCUT2D eigenvalue weighted by molar-refractivity contribution is 0.352. The van der Waals surface area contributed by atoms with E-state index in [1.54, 1.807) is 0 Å². The van der Waals surface area contributed by atoms with Crippen LogP contribution < -0.4 is 10.6 Å². The molecule has 1 aliphatic rings. The van der Waals surface area contributed by atoms with E-state index in [9.17, 15) is 0 Å². The Morgan fingerprint density at radius 1 is 1.38 bits per heavy atom. The number of hydrogen-bond acceptors (Lipinski definition) is 3. The van der Waals surface area contributed by atoms with Gasteiger partial charge in [0.25, 0.3) is 0 Å². The van der Waals surface area contributed by atoms with E-state index >= 15 is 0 Å². The Morgan fingerprint density at radius 3 is 3.00 bits per heavy atom. The molecule has 3 nitrogen and oxygen atoms in total. The molecule has 0 saturated carbocycles. The van der Waals surface area contributed by atoms with Crippen LogP contribution in [0.5, 0.6) is 0 Å². The van der Waals surface area contributed by atoms with Crippen molar-refractivity contribution < 1.29 is 0 Å². The maximum Gasteiger partial charge on any atom is 0.0271 e. The second-order valence-corrected chi connectivity index (χ2v) is 4.53. The van der Waals surface area contributed by atoms with E-state index in [2.05, 4.69) is 27.8 Å². The third kappa shape index (κ3) is 3.91. The molecule has 2 N–H and O–H groups in total. The highest BCUT2D eigenvalue weighted by molar-refractivity contribution is 5.08. The predicted octanol–water partition coefficient (Wildman–Crippen LogP) is 1.56. The van der Waals surface area contributed by atoms with Gasteiger partial charge in [-0.3, -0.25) is 4.98 Å². The van der Waals surface area contributed by atoms with E-state index in [4.69, 9.17) is 0 Å². The van der Waals surface area contributed by atoms with Crippen molar-refractivity contribution in [2.24, 2.45) is 5.92 Å². The SMILES string of the molecule is c1cc(CNCCC2CCCNC2)ccn1. The minimum Gasteiger partial charge on any atom is -0.316 e. The average Bonchev–Trinajstić information content (AvgIpc) is 2.37. The highest BCUT2D eigenvalue weighted by Crippen LogP contribution is 2.12. The Kier molecular flexibility index (Phi) is 4.77. The minimum absolute atomic E-state index is 0.874. The lowest BCUT2D eigenvalue weighted by Crippen LogP contribution is -2.31. The van der Waals surface area contributed by atoms with Crippen molar-refractivity contribution in [1.29, 1.82) is 0 Å². The Bertz CT molecular complexity index is 280. The fourth-order valence-corrected chi connectivity index (χ4v) is 2.21. The normalized spacial score (nSPS) is 20.9. The Hall–Kier alpha value is -0.930. The maximum atomic E-state index is 4.01. The van der Waals surface area contributed by atoms with Crippen molar-refractivity contribution in [2.45, 2.75) is 25.8 Å². The van der Waals surface area contributed by atoms with Crippen molar-refractivity contribution in [2.75, 3.05) is 19.6 Å². The molecular weight excluding hydrogens is 198 g/mol. The predicted molar refractivity (Wildman–Crippen MR) is 66.2 cm³/mol. The van der Waals surface area contributed by atoms with Gasteiger partial charge in [-0.05, 0) is 62.5 Å². The lowest BCUT2D eigenvalue weighted by Gasteiger charge is -2.22. The molecule has 1 aromatic heterocycles. The van der Waals surface area contributed by atoms with Gasteiger partial charge in [-0.1, -0.05) is 0 Å². The van der Waals surface area contributed by atoms with Gasteiger partial charge in [-0.25, -0.2) is 0 Å². The summed E-state index contributed by atoms with van der Waals surface area (Å²) in [4.78, 5) is 4.01. The number of pyridine rings is 1. The standard InChI is InChI=1S/C13H21N3/c1-2-12(10-15-6-1)5-9-16-11-13-3-7-14-8-4-13/h3-4,7-8,12,15-16H,1-2,5-6,9-11H2. The van der Waals surface area contributed by atoms with E-state index < -0.39 is 0 Å². The molecule has 2 heterocycles. The molecule has 0 amide bonds. The first-order valence-electron chi connectivity index (χ1n) is 6.25. The van der Waals surface area contributed by atoms with Crippen LogP contribution >= 0.6 is 0 Å². The summed E-state index contributed by atoms with van der Waals surface area (Å²) < 4.78 is 0. The number of hydrogen-bond donors (Lipinski definition) is 2. The molecule has 0 aliphatic carbocycles. The molecule has 1 fully saturated rings. The van der Waals surface area contributed by atoms with E-state index in [1.807, 2.05) is 12.4 Å². The van der Waals surface area contributed by atoms with Gasteiger partial charge in [0.1, 0.15) is 0 Å². The molecule has 0 bridgehead atoms. The minimum atomic E-state index is 0.874. The fourth-order valence-electron chi connectivity index (χ4n) is 2.21. The zero-order chi connectivity index (χ0) is 11.1. The topological polar surface area (TPSA) is 37.0 Å². The van der Waals surface area contributed by atoms with Crippen LogP contribution in [0.2, 0.25) is 0 Å². The monoisotopic (exact) mass is 219 g/mol.